The topological polar surface area (TPSA) is 57.7 Å². The van der Waals surface area contributed by atoms with Crippen LogP contribution in [-0.2, 0) is 14.6 Å². The molecule has 3 rings (SSSR count). The molecule has 2 saturated heterocycles. The van der Waals surface area contributed by atoms with Crippen LogP contribution in [0.2, 0.25) is 0 Å². The van der Waals surface area contributed by atoms with Crippen molar-refractivity contribution in [1.82, 2.24) is 9.80 Å². The summed E-state index contributed by atoms with van der Waals surface area (Å²) in [4.78, 5) is 16.6. The molecule has 0 saturated carbocycles. The summed E-state index contributed by atoms with van der Waals surface area (Å²) in [6, 6.07) is 10.2. The van der Waals surface area contributed by atoms with Crippen LogP contribution in [0.1, 0.15) is 18.4 Å². The second kappa shape index (κ2) is 8.15. The minimum atomic E-state index is -2.90. The van der Waals surface area contributed by atoms with Gasteiger partial charge in [-0.1, -0.05) is 42.5 Å². The average Bonchev–Trinajstić information content (AvgIpc) is 2.95. The lowest BCUT2D eigenvalue weighted by molar-refractivity contribution is -0.133. The SMILES string of the molecule is O=C(CC1CCS(=O)(=O)C1)N1CCN(C/C=C/c2ccccc2)CC1. The Labute approximate surface area is 150 Å². The Morgan fingerprint density at radius 1 is 1.12 bits per heavy atom. The minimum absolute atomic E-state index is 0.0179. The third kappa shape index (κ3) is 5.41. The molecule has 0 aromatic heterocycles. The Balaban J connectivity index is 1.39. The van der Waals surface area contributed by atoms with Gasteiger partial charge in [-0.25, -0.2) is 8.42 Å². The van der Waals surface area contributed by atoms with Gasteiger partial charge in [0.2, 0.25) is 5.91 Å². The van der Waals surface area contributed by atoms with Gasteiger partial charge in [-0.3, -0.25) is 9.69 Å². The molecule has 1 aromatic carbocycles. The number of sulfone groups is 1. The molecule has 2 heterocycles. The summed E-state index contributed by atoms with van der Waals surface area (Å²) in [5.41, 5.74) is 1.20. The van der Waals surface area contributed by atoms with Crippen molar-refractivity contribution in [2.75, 3.05) is 44.2 Å². The lowest BCUT2D eigenvalue weighted by Gasteiger charge is -2.34. The van der Waals surface area contributed by atoms with Gasteiger partial charge in [-0.2, -0.15) is 0 Å². The van der Waals surface area contributed by atoms with Crippen LogP contribution < -0.4 is 0 Å². The van der Waals surface area contributed by atoms with E-state index in [1.54, 1.807) is 0 Å². The summed E-state index contributed by atoms with van der Waals surface area (Å²) in [5, 5.41) is 0. The maximum Gasteiger partial charge on any atom is 0.222 e. The highest BCUT2D eigenvalue weighted by Crippen LogP contribution is 2.22. The molecule has 2 aliphatic rings. The fraction of sp³-hybridized carbons (Fsp3) is 0.526. The molecule has 2 fully saturated rings. The zero-order chi connectivity index (χ0) is 17.7. The number of carbonyl (C=O) groups excluding carboxylic acids is 1. The van der Waals surface area contributed by atoms with Gasteiger partial charge in [0, 0.05) is 39.1 Å². The minimum Gasteiger partial charge on any atom is -0.340 e. The molecule has 0 N–H and O–H groups in total. The van der Waals surface area contributed by atoms with Crippen molar-refractivity contribution in [3.63, 3.8) is 0 Å². The number of rotatable bonds is 5. The first kappa shape index (κ1) is 18.1. The molecule has 1 amide bonds. The number of carbonyl (C=O) groups is 1. The highest BCUT2D eigenvalue weighted by Gasteiger charge is 2.31. The Kier molecular flexibility index (Phi) is 5.91. The summed E-state index contributed by atoms with van der Waals surface area (Å²) in [5.74, 6) is 0.557. The molecule has 1 aromatic rings. The normalized spacial score (nSPS) is 24.0. The monoisotopic (exact) mass is 362 g/mol. The van der Waals surface area contributed by atoms with Crippen molar-refractivity contribution < 1.29 is 13.2 Å². The van der Waals surface area contributed by atoms with Crippen LogP contribution in [0.3, 0.4) is 0 Å². The quantitative estimate of drug-likeness (QED) is 0.799. The second-order valence-electron chi connectivity index (χ2n) is 6.97. The van der Waals surface area contributed by atoms with Crippen molar-refractivity contribution in [3.8, 4) is 0 Å². The van der Waals surface area contributed by atoms with Crippen molar-refractivity contribution in [1.29, 1.82) is 0 Å². The van der Waals surface area contributed by atoms with Crippen LogP contribution in [0.15, 0.2) is 36.4 Å². The molecule has 1 unspecified atom stereocenters. The molecule has 5 nitrogen and oxygen atoms in total. The molecule has 1 atom stereocenters. The molecule has 2 aliphatic heterocycles. The van der Waals surface area contributed by atoms with Crippen molar-refractivity contribution in [3.05, 3.63) is 42.0 Å². The largest absolute Gasteiger partial charge is 0.340 e. The van der Waals surface area contributed by atoms with Crippen LogP contribution in [0.25, 0.3) is 6.08 Å². The second-order valence-corrected chi connectivity index (χ2v) is 9.20. The van der Waals surface area contributed by atoms with Crippen LogP contribution in [0, 0.1) is 5.92 Å². The fourth-order valence-corrected chi connectivity index (χ4v) is 5.35. The Hall–Kier alpha value is -1.66. The molecular weight excluding hydrogens is 336 g/mol. The number of benzene rings is 1. The highest BCUT2D eigenvalue weighted by atomic mass is 32.2. The lowest BCUT2D eigenvalue weighted by Crippen LogP contribution is -2.48. The summed E-state index contributed by atoms with van der Waals surface area (Å²) >= 11 is 0. The fourth-order valence-electron chi connectivity index (χ4n) is 3.49. The summed E-state index contributed by atoms with van der Waals surface area (Å²) < 4.78 is 23.0. The standard InChI is InChI=1S/C19H26N2O3S/c22-19(15-18-8-14-25(23,24)16-18)21-12-10-20(11-13-21)9-4-7-17-5-2-1-3-6-17/h1-7,18H,8-16H2/b7-4+. The first-order chi connectivity index (χ1) is 12.0. The number of hydrogen-bond donors (Lipinski definition) is 0. The third-order valence-electron chi connectivity index (χ3n) is 4.99. The Bertz CT molecular complexity index is 707. The van der Waals surface area contributed by atoms with E-state index in [0.29, 0.717) is 12.8 Å². The van der Waals surface area contributed by atoms with Gasteiger partial charge in [0.15, 0.2) is 9.84 Å². The van der Waals surface area contributed by atoms with E-state index in [4.69, 9.17) is 0 Å². The first-order valence-corrected chi connectivity index (χ1v) is 10.8. The van der Waals surface area contributed by atoms with Crippen LogP contribution in [0.4, 0.5) is 0 Å². The van der Waals surface area contributed by atoms with Crippen molar-refractivity contribution in [2.24, 2.45) is 5.92 Å². The predicted octanol–water partition coefficient (Wildman–Crippen LogP) is 1.67. The van der Waals surface area contributed by atoms with E-state index in [9.17, 15) is 13.2 Å². The predicted molar refractivity (Wildman–Crippen MR) is 99.9 cm³/mol. The summed E-state index contributed by atoms with van der Waals surface area (Å²) in [6.07, 6.45) is 5.31. The van der Waals surface area contributed by atoms with E-state index >= 15 is 0 Å². The molecule has 6 heteroatoms. The maximum atomic E-state index is 12.4. The van der Waals surface area contributed by atoms with Gasteiger partial charge >= 0.3 is 0 Å². The van der Waals surface area contributed by atoms with Crippen LogP contribution >= 0.6 is 0 Å². The molecule has 0 bridgehead atoms. The van der Waals surface area contributed by atoms with Gasteiger partial charge in [0.1, 0.15) is 0 Å². The van der Waals surface area contributed by atoms with E-state index < -0.39 is 9.84 Å². The lowest BCUT2D eigenvalue weighted by atomic mass is 10.0. The average molecular weight is 362 g/mol. The summed E-state index contributed by atoms with van der Waals surface area (Å²) in [6.45, 7) is 4.09. The first-order valence-electron chi connectivity index (χ1n) is 8.94. The van der Waals surface area contributed by atoms with Gasteiger partial charge < -0.3 is 4.90 Å². The smallest absolute Gasteiger partial charge is 0.222 e. The molecule has 136 valence electrons. The Morgan fingerprint density at radius 3 is 2.48 bits per heavy atom. The number of piperazine rings is 1. The van der Waals surface area contributed by atoms with Gasteiger partial charge in [-0.15, -0.1) is 0 Å². The van der Waals surface area contributed by atoms with Crippen LogP contribution in [0.5, 0.6) is 0 Å². The van der Waals surface area contributed by atoms with E-state index in [-0.39, 0.29) is 23.3 Å². The number of hydrogen-bond acceptors (Lipinski definition) is 4. The van der Waals surface area contributed by atoms with Crippen molar-refractivity contribution >= 4 is 21.8 Å². The van der Waals surface area contributed by atoms with E-state index in [1.165, 1.54) is 5.56 Å². The van der Waals surface area contributed by atoms with E-state index in [1.807, 2.05) is 23.1 Å². The number of amides is 1. The number of nitrogens with zero attached hydrogens (tertiary/aromatic N) is 2. The molecule has 25 heavy (non-hydrogen) atoms. The van der Waals surface area contributed by atoms with Gasteiger partial charge in [0.05, 0.1) is 11.5 Å². The van der Waals surface area contributed by atoms with Crippen molar-refractivity contribution in [2.45, 2.75) is 12.8 Å². The van der Waals surface area contributed by atoms with Gasteiger partial charge in [-0.05, 0) is 17.9 Å². The zero-order valence-corrected chi connectivity index (χ0v) is 15.3. The zero-order valence-electron chi connectivity index (χ0n) is 14.5. The molecule has 0 aliphatic carbocycles. The van der Waals surface area contributed by atoms with E-state index in [0.717, 1.165) is 32.7 Å². The molecular formula is C19H26N2O3S. The third-order valence-corrected chi connectivity index (χ3v) is 6.83. The molecule has 0 radical (unpaired) electrons. The summed E-state index contributed by atoms with van der Waals surface area (Å²) in [7, 11) is -2.90. The van der Waals surface area contributed by atoms with Gasteiger partial charge in [0.25, 0.3) is 0 Å². The van der Waals surface area contributed by atoms with Crippen LogP contribution in [-0.4, -0.2) is 68.4 Å². The highest BCUT2D eigenvalue weighted by molar-refractivity contribution is 7.91. The Morgan fingerprint density at radius 2 is 1.84 bits per heavy atom. The van der Waals surface area contributed by atoms with E-state index in [2.05, 4.69) is 29.2 Å². The maximum absolute atomic E-state index is 12.4. The molecule has 0 spiro atoms.